The SMILES string of the molecule is CCC1CCCC(C(O)c2ccc(C)cc2OC)C1. The molecule has 0 spiro atoms. The summed E-state index contributed by atoms with van der Waals surface area (Å²) in [6, 6.07) is 6.09. The second-order valence-corrected chi connectivity index (χ2v) is 5.89. The van der Waals surface area contributed by atoms with Gasteiger partial charge in [0, 0.05) is 5.56 Å². The van der Waals surface area contributed by atoms with E-state index in [4.69, 9.17) is 4.74 Å². The van der Waals surface area contributed by atoms with Crippen LogP contribution in [0.3, 0.4) is 0 Å². The van der Waals surface area contributed by atoms with Gasteiger partial charge in [-0.3, -0.25) is 0 Å². The lowest BCUT2D eigenvalue weighted by Gasteiger charge is -2.32. The van der Waals surface area contributed by atoms with Gasteiger partial charge in [0.05, 0.1) is 13.2 Å². The van der Waals surface area contributed by atoms with Gasteiger partial charge in [0.1, 0.15) is 5.75 Å². The van der Waals surface area contributed by atoms with Crippen molar-refractivity contribution < 1.29 is 9.84 Å². The third-order valence-corrected chi connectivity index (χ3v) is 4.55. The van der Waals surface area contributed by atoms with Gasteiger partial charge in [0.2, 0.25) is 0 Å². The lowest BCUT2D eigenvalue weighted by Crippen LogP contribution is -2.21. The Morgan fingerprint density at radius 3 is 2.84 bits per heavy atom. The standard InChI is InChI=1S/C17H26O2/c1-4-13-6-5-7-14(11-13)17(18)15-9-8-12(2)10-16(15)19-3/h8-10,13-14,17-18H,4-7,11H2,1-3H3. The van der Waals surface area contributed by atoms with E-state index in [0.29, 0.717) is 5.92 Å². The normalized spacial score (nSPS) is 25.1. The smallest absolute Gasteiger partial charge is 0.124 e. The second-order valence-electron chi connectivity index (χ2n) is 5.89. The first-order valence-corrected chi connectivity index (χ1v) is 7.48. The van der Waals surface area contributed by atoms with Gasteiger partial charge in [-0.1, -0.05) is 38.3 Å². The first-order valence-electron chi connectivity index (χ1n) is 7.48. The summed E-state index contributed by atoms with van der Waals surface area (Å²) in [4.78, 5) is 0. The van der Waals surface area contributed by atoms with E-state index in [9.17, 15) is 5.11 Å². The maximum absolute atomic E-state index is 10.7. The van der Waals surface area contributed by atoms with Crippen LogP contribution in [0.4, 0.5) is 0 Å². The van der Waals surface area contributed by atoms with Crippen LogP contribution in [-0.4, -0.2) is 12.2 Å². The Morgan fingerprint density at radius 2 is 2.16 bits per heavy atom. The maximum Gasteiger partial charge on any atom is 0.124 e. The summed E-state index contributed by atoms with van der Waals surface area (Å²) in [6.07, 6.45) is 5.70. The predicted octanol–water partition coefficient (Wildman–Crippen LogP) is 4.25. The number of hydrogen-bond donors (Lipinski definition) is 1. The third kappa shape index (κ3) is 3.30. The van der Waals surface area contributed by atoms with Gasteiger partial charge in [-0.2, -0.15) is 0 Å². The molecular weight excluding hydrogens is 236 g/mol. The Kier molecular flexibility index (Phi) is 4.87. The molecule has 106 valence electrons. The van der Waals surface area contributed by atoms with Crippen LogP contribution in [-0.2, 0) is 0 Å². The van der Waals surface area contributed by atoms with E-state index >= 15 is 0 Å². The van der Waals surface area contributed by atoms with Gasteiger partial charge in [-0.05, 0) is 43.2 Å². The average molecular weight is 262 g/mol. The number of aliphatic hydroxyl groups is 1. The van der Waals surface area contributed by atoms with Crippen LogP contribution >= 0.6 is 0 Å². The summed E-state index contributed by atoms with van der Waals surface area (Å²) < 4.78 is 5.43. The minimum absolute atomic E-state index is 0.384. The van der Waals surface area contributed by atoms with E-state index in [1.165, 1.54) is 24.8 Å². The molecule has 0 amide bonds. The molecule has 0 aromatic heterocycles. The van der Waals surface area contributed by atoms with Crippen molar-refractivity contribution >= 4 is 0 Å². The molecule has 0 bridgehead atoms. The van der Waals surface area contributed by atoms with Crippen LogP contribution in [0.15, 0.2) is 18.2 Å². The molecule has 1 saturated carbocycles. The number of aryl methyl sites for hydroxylation is 1. The molecule has 19 heavy (non-hydrogen) atoms. The number of aliphatic hydroxyl groups excluding tert-OH is 1. The minimum Gasteiger partial charge on any atom is -0.496 e. The second kappa shape index (κ2) is 6.42. The van der Waals surface area contributed by atoms with Gasteiger partial charge in [-0.15, -0.1) is 0 Å². The van der Waals surface area contributed by atoms with Crippen LogP contribution in [0.1, 0.15) is 56.3 Å². The zero-order valence-electron chi connectivity index (χ0n) is 12.4. The van der Waals surface area contributed by atoms with E-state index in [2.05, 4.69) is 13.0 Å². The zero-order chi connectivity index (χ0) is 13.8. The van der Waals surface area contributed by atoms with Crippen molar-refractivity contribution in [3.63, 3.8) is 0 Å². The predicted molar refractivity (Wildman–Crippen MR) is 78.4 cm³/mol. The van der Waals surface area contributed by atoms with Crippen molar-refractivity contribution in [3.8, 4) is 5.75 Å². The van der Waals surface area contributed by atoms with E-state index in [0.717, 1.165) is 30.1 Å². The number of benzene rings is 1. The summed E-state index contributed by atoms with van der Waals surface area (Å²) >= 11 is 0. The topological polar surface area (TPSA) is 29.5 Å². The molecule has 3 unspecified atom stereocenters. The van der Waals surface area contributed by atoms with Gasteiger partial charge in [-0.25, -0.2) is 0 Å². The van der Waals surface area contributed by atoms with Gasteiger partial charge >= 0.3 is 0 Å². The van der Waals surface area contributed by atoms with Crippen LogP contribution in [0.5, 0.6) is 5.75 Å². The minimum atomic E-state index is -0.384. The molecule has 1 aliphatic rings. The fraction of sp³-hybridized carbons (Fsp3) is 0.647. The average Bonchev–Trinajstić information content (AvgIpc) is 2.46. The van der Waals surface area contributed by atoms with E-state index < -0.39 is 0 Å². The highest BCUT2D eigenvalue weighted by atomic mass is 16.5. The van der Waals surface area contributed by atoms with Crippen molar-refractivity contribution in [3.05, 3.63) is 29.3 Å². The highest BCUT2D eigenvalue weighted by Crippen LogP contribution is 2.40. The molecule has 1 aromatic carbocycles. The summed E-state index contributed by atoms with van der Waals surface area (Å²) in [6.45, 7) is 4.30. The first kappa shape index (κ1) is 14.4. The highest BCUT2D eigenvalue weighted by Gasteiger charge is 2.29. The summed E-state index contributed by atoms with van der Waals surface area (Å²) in [5.41, 5.74) is 2.12. The van der Waals surface area contributed by atoms with Crippen LogP contribution < -0.4 is 4.74 Å². The highest BCUT2D eigenvalue weighted by molar-refractivity contribution is 5.38. The molecule has 1 fully saturated rings. The Labute approximate surface area is 116 Å². The monoisotopic (exact) mass is 262 g/mol. The number of ether oxygens (including phenoxy) is 1. The lowest BCUT2D eigenvalue weighted by atomic mass is 9.76. The van der Waals surface area contributed by atoms with Crippen LogP contribution in [0.2, 0.25) is 0 Å². The number of rotatable bonds is 4. The molecule has 0 heterocycles. The van der Waals surface area contributed by atoms with Crippen molar-refractivity contribution in [1.82, 2.24) is 0 Å². The van der Waals surface area contributed by atoms with E-state index in [-0.39, 0.29) is 6.10 Å². The molecule has 1 aromatic rings. The molecule has 1 N–H and O–H groups in total. The third-order valence-electron chi connectivity index (χ3n) is 4.55. The largest absolute Gasteiger partial charge is 0.496 e. The Hall–Kier alpha value is -1.02. The van der Waals surface area contributed by atoms with Crippen molar-refractivity contribution in [2.24, 2.45) is 11.8 Å². The Morgan fingerprint density at radius 1 is 1.37 bits per heavy atom. The molecule has 1 aliphatic carbocycles. The number of hydrogen-bond acceptors (Lipinski definition) is 2. The number of methoxy groups -OCH3 is 1. The first-order chi connectivity index (χ1) is 9.15. The van der Waals surface area contributed by atoms with Crippen molar-refractivity contribution in [1.29, 1.82) is 0 Å². The van der Waals surface area contributed by atoms with Gasteiger partial charge in [0.25, 0.3) is 0 Å². The van der Waals surface area contributed by atoms with E-state index in [1.807, 2.05) is 19.1 Å². The molecule has 0 saturated heterocycles. The Bertz CT molecular complexity index is 414. The zero-order valence-corrected chi connectivity index (χ0v) is 12.4. The van der Waals surface area contributed by atoms with Gasteiger partial charge < -0.3 is 9.84 Å². The van der Waals surface area contributed by atoms with Crippen molar-refractivity contribution in [2.75, 3.05) is 7.11 Å². The molecule has 2 heteroatoms. The summed E-state index contributed by atoms with van der Waals surface area (Å²) in [7, 11) is 1.68. The molecule has 3 atom stereocenters. The molecule has 2 rings (SSSR count). The maximum atomic E-state index is 10.7. The molecule has 2 nitrogen and oxygen atoms in total. The van der Waals surface area contributed by atoms with E-state index in [1.54, 1.807) is 7.11 Å². The van der Waals surface area contributed by atoms with Crippen LogP contribution in [0.25, 0.3) is 0 Å². The summed E-state index contributed by atoms with van der Waals surface area (Å²) in [5.74, 6) is 1.99. The molecular formula is C17H26O2. The van der Waals surface area contributed by atoms with Gasteiger partial charge in [0.15, 0.2) is 0 Å². The molecule has 0 radical (unpaired) electrons. The Balaban J connectivity index is 2.16. The summed E-state index contributed by atoms with van der Waals surface area (Å²) in [5, 5.41) is 10.7. The van der Waals surface area contributed by atoms with Crippen LogP contribution in [0, 0.1) is 18.8 Å². The van der Waals surface area contributed by atoms with Crippen molar-refractivity contribution in [2.45, 2.75) is 52.1 Å². The quantitative estimate of drug-likeness (QED) is 0.878. The lowest BCUT2D eigenvalue weighted by molar-refractivity contribution is 0.0658. The molecule has 0 aliphatic heterocycles. The fourth-order valence-corrected chi connectivity index (χ4v) is 3.31. The fourth-order valence-electron chi connectivity index (χ4n) is 3.31.